The Labute approximate surface area is 67.1 Å². The number of rotatable bonds is 2. The number of Topliss-reactive ketones (excluding diaryl/α,β-unsaturated/α-hetero) is 1. The van der Waals surface area contributed by atoms with E-state index < -0.39 is 0 Å². The van der Waals surface area contributed by atoms with Crippen molar-refractivity contribution in [3.05, 3.63) is 35.4 Å². The predicted octanol–water partition coefficient (Wildman–Crippen LogP) is 1.93. The normalized spacial score (nSPS) is 9.64. The number of hydrogen-bond donors (Lipinski definition) is 0. The number of carbonyl (C=O) groups excluding carboxylic acids is 1. The van der Waals surface area contributed by atoms with Gasteiger partial charge in [0.15, 0.2) is 0 Å². The van der Waals surface area contributed by atoms with Crippen LogP contribution in [-0.4, -0.2) is 5.78 Å². The molecule has 0 atom stereocenters. The Balaban J connectivity index is 2.79. The van der Waals surface area contributed by atoms with Gasteiger partial charge in [0.05, 0.1) is 0 Å². The highest BCUT2D eigenvalue weighted by Gasteiger charge is 1.96. The molecule has 0 aliphatic heterocycles. The van der Waals surface area contributed by atoms with Gasteiger partial charge in [-0.3, -0.25) is 4.79 Å². The fourth-order valence-electron chi connectivity index (χ4n) is 1.02. The molecule has 0 N–H and O–H groups in total. The number of carbonyl (C=O) groups is 1. The van der Waals surface area contributed by atoms with Crippen molar-refractivity contribution in [3.63, 3.8) is 0 Å². The maximum absolute atomic E-state index is 10.7. The molecule has 0 spiro atoms. The number of hydrogen-bond acceptors (Lipinski definition) is 1. The van der Waals surface area contributed by atoms with Crippen molar-refractivity contribution in [1.29, 1.82) is 0 Å². The summed E-state index contributed by atoms with van der Waals surface area (Å²) in [6, 6.07) is 8.84. The van der Waals surface area contributed by atoms with E-state index in [0.29, 0.717) is 6.42 Å². The second kappa shape index (κ2) is 3.33. The highest BCUT2D eigenvalue weighted by molar-refractivity contribution is 5.78. The van der Waals surface area contributed by atoms with Gasteiger partial charge in [-0.05, 0) is 25.5 Å². The highest BCUT2D eigenvalue weighted by Crippen LogP contribution is 2.03. The van der Waals surface area contributed by atoms with Crippen LogP contribution in [0.1, 0.15) is 18.1 Å². The first-order valence-electron chi connectivity index (χ1n) is 3.65. The molecule has 1 rings (SSSR count). The minimum atomic E-state index is 0.187. The van der Waals surface area contributed by atoms with Crippen LogP contribution in [-0.2, 0) is 11.2 Å². The molecule has 0 saturated carbocycles. The zero-order chi connectivity index (χ0) is 8.27. The smallest absolute Gasteiger partial charge is 0.134 e. The summed E-state index contributed by atoms with van der Waals surface area (Å²) in [4.78, 5) is 10.7. The van der Waals surface area contributed by atoms with Crippen molar-refractivity contribution in [3.8, 4) is 0 Å². The average Bonchev–Trinajstić information content (AvgIpc) is 1.85. The Morgan fingerprint density at radius 2 is 2.36 bits per heavy atom. The second-order valence-electron chi connectivity index (χ2n) is 2.77. The lowest BCUT2D eigenvalue weighted by Crippen LogP contribution is -1.96. The molecule has 0 saturated heterocycles. The molecule has 0 heterocycles. The monoisotopic (exact) mass is 147 g/mol. The van der Waals surface area contributed by atoms with Crippen LogP contribution in [0.4, 0.5) is 0 Å². The molecule has 0 unspecified atom stereocenters. The van der Waals surface area contributed by atoms with E-state index in [2.05, 4.69) is 6.07 Å². The van der Waals surface area contributed by atoms with Crippen LogP contribution >= 0.6 is 0 Å². The van der Waals surface area contributed by atoms with Crippen molar-refractivity contribution < 1.29 is 4.79 Å². The van der Waals surface area contributed by atoms with E-state index in [1.165, 1.54) is 5.56 Å². The highest BCUT2D eigenvalue weighted by atomic mass is 16.1. The van der Waals surface area contributed by atoms with Crippen LogP contribution in [0.15, 0.2) is 18.2 Å². The zero-order valence-corrected chi connectivity index (χ0v) is 6.85. The molecule has 1 heteroatoms. The van der Waals surface area contributed by atoms with Gasteiger partial charge in [0.2, 0.25) is 0 Å². The standard InChI is InChI=1S/C10H11O/c1-8-4-3-5-10(6-8)7-9(2)11/h3-4,6H,7H2,1-2H3. The molecule has 0 amide bonds. The van der Waals surface area contributed by atoms with Gasteiger partial charge < -0.3 is 0 Å². The van der Waals surface area contributed by atoms with Crippen molar-refractivity contribution in [2.45, 2.75) is 20.3 Å². The van der Waals surface area contributed by atoms with Gasteiger partial charge in [-0.2, -0.15) is 0 Å². The number of benzene rings is 1. The van der Waals surface area contributed by atoms with Crippen molar-refractivity contribution in [2.24, 2.45) is 0 Å². The first-order valence-corrected chi connectivity index (χ1v) is 3.65. The van der Waals surface area contributed by atoms with Crippen LogP contribution in [0.3, 0.4) is 0 Å². The van der Waals surface area contributed by atoms with Gasteiger partial charge in [-0.1, -0.05) is 23.8 Å². The Morgan fingerprint density at radius 1 is 1.64 bits per heavy atom. The minimum Gasteiger partial charge on any atom is -0.300 e. The summed E-state index contributed by atoms with van der Waals surface area (Å²) in [5.74, 6) is 0.187. The van der Waals surface area contributed by atoms with Crippen LogP contribution in [0.25, 0.3) is 0 Å². The topological polar surface area (TPSA) is 17.1 Å². The largest absolute Gasteiger partial charge is 0.300 e. The lowest BCUT2D eigenvalue weighted by Gasteiger charge is -1.97. The number of ketones is 1. The van der Waals surface area contributed by atoms with E-state index in [-0.39, 0.29) is 5.78 Å². The van der Waals surface area contributed by atoms with E-state index in [4.69, 9.17) is 0 Å². The van der Waals surface area contributed by atoms with Crippen LogP contribution in [0.5, 0.6) is 0 Å². The molecule has 1 aromatic rings. The molecule has 11 heavy (non-hydrogen) atoms. The van der Waals surface area contributed by atoms with Gasteiger partial charge in [0, 0.05) is 6.42 Å². The average molecular weight is 147 g/mol. The van der Waals surface area contributed by atoms with E-state index in [1.807, 2.05) is 25.1 Å². The fourth-order valence-corrected chi connectivity index (χ4v) is 1.02. The molecule has 0 aliphatic carbocycles. The van der Waals surface area contributed by atoms with Gasteiger partial charge >= 0.3 is 0 Å². The number of aryl methyl sites for hydroxylation is 1. The zero-order valence-electron chi connectivity index (χ0n) is 6.85. The summed E-state index contributed by atoms with van der Waals surface area (Å²) >= 11 is 0. The van der Waals surface area contributed by atoms with E-state index in [1.54, 1.807) is 6.92 Å². The third-order valence-electron chi connectivity index (χ3n) is 1.46. The summed E-state index contributed by atoms with van der Waals surface area (Å²) in [6.07, 6.45) is 0.502. The Kier molecular flexibility index (Phi) is 2.42. The molecule has 0 aromatic heterocycles. The van der Waals surface area contributed by atoms with Gasteiger partial charge in [0.1, 0.15) is 5.78 Å². The molecule has 57 valence electrons. The molecule has 0 aliphatic rings. The summed E-state index contributed by atoms with van der Waals surface area (Å²) in [5, 5.41) is 0. The second-order valence-corrected chi connectivity index (χ2v) is 2.77. The first-order chi connectivity index (χ1) is 5.18. The molecule has 0 bridgehead atoms. The molecule has 0 fully saturated rings. The van der Waals surface area contributed by atoms with Crippen molar-refractivity contribution in [2.75, 3.05) is 0 Å². The van der Waals surface area contributed by atoms with E-state index >= 15 is 0 Å². The molecular formula is C10H11O. The van der Waals surface area contributed by atoms with E-state index in [0.717, 1.165) is 5.56 Å². The van der Waals surface area contributed by atoms with Crippen molar-refractivity contribution in [1.82, 2.24) is 0 Å². The maximum Gasteiger partial charge on any atom is 0.134 e. The van der Waals surface area contributed by atoms with Crippen LogP contribution in [0.2, 0.25) is 0 Å². The first kappa shape index (κ1) is 7.99. The summed E-state index contributed by atoms with van der Waals surface area (Å²) in [6.45, 7) is 3.60. The molecule has 1 radical (unpaired) electrons. The lowest BCUT2D eigenvalue weighted by atomic mass is 10.1. The Bertz CT molecular complexity index is 263. The van der Waals surface area contributed by atoms with Crippen molar-refractivity contribution >= 4 is 5.78 Å². The van der Waals surface area contributed by atoms with Crippen LogP contribution < -0.4 is 0 Å². The SMILES string of the molecule is CC(=O)Cc1[c]ccc(C)c1. The molecule has 1 nitrogen and oxygen atoms in total. The Morgan fingerprint density at radius 3 is 2.91 bits per heavy atom. The van der Waals surface area contributed by atoms with Crippen LogP contribution in [0, 0.1) is 13.0 Å². The van der Waals surface area contributed by atoms with Gasteiger partial charge in [-0.15, -0.1) is 0 Å². The summed E-state index contributed by atoms with van der Waals surface area (Å²) in [7, 11) is 0. The van der Waals surface area contributed by atoms with Gasteiger partial charge in [0.25, 0.3) is 0 Å². The quantitative estimate of drug-likeness (QED) is 0.624. The molecular weight excluding hydrogens is 136 g/mol. The van der Waals surface area contributed by atoms with E-state index in [9.17, 15) is 4.79 Å². The predicted molar refractivity (Wildman–Crippen MR) is 44.4 cm³/mol. The third-order valence-corrected chi connectivity index (χ3v) is 1.46. The summed E-state index contributed by atoms with van der Waals surface area (Å²) < 4.78 is 0. The maximum atomic E-state index is 10.7. The lowest BCUT2D eigenvalue weighted by molar-refractivity contribution is -0.116. The fraction of sp³-hybridized carbons (Fsp3) is 0.300. The Hall–Kier alpha value is -1.11. The third kappa shape index (κ3) is 2.54. The molecule has 1 aromatic carbocycles. The van der Waals surface area contributed by atoms with Gasteiger partial charge in [-0.25, -0.2) is 0 Å². The summed E-state index contributed by atoms with van der Waals surface area (Å²) in [5.41, 5.74) is 2.16. The minimum absolute atomic E-state index is 0.187.